The summed E-state index contributed by atoms with van der Waals surface area (Å²) in [5.41, 5.74) is 0.786. The molecule has 0 atom stereocenters. The zero-order chi connectivity index (χ0) is 42.8. The monoisotopic (exact) mass is 798 g/mol. The zero-order valence-electron chi connectivity index (χ0n) is 34.0. The Morgan fingerprint density at radius 3 is 0.550 bits per heavy atom. The average molecular weight is 799 g/mol. The maximum Gasteiger partial charge on any atom is 0.258 e. The molecule has 0 aliphatic heterocycles. The van der Waals surface area contributed by atoms with Gasteiger partial charge < -0.3 is 27.4 Å². The van der Waals surface area contributed by atoms with Crippen LogP contribution in [0.25, 0.3) is 65.4 Å². The largest absolute Gasteiger partial charge is 0.311 e. The predicted molar refractivity (Wildman–Crippen MR) is 242 cm³/mol. The van der Waals surface area contributed by atoms with Gasteiger partial charge in [0.2, 0.25) is 0 Å². The van der Waals surface area contributed by atoms with Crippen LogP contribution >= 0.6 is 0 Å². The molecule has 0 saturated carbocycles. The molecule has 7 aromatic rings. The number of aromatic nitrogens is 6. The fraction of sp³-hybridized carbons (Fsp3) is 0.125. The maximum absolute atomic E-state index is 13.9. The van der Waals surface area contributed by atoms with Crippen molar-refractivity contribution in [3.8, 4) is 0 Å². The highest BCUT2D eigenvalue weighted by Gasteiger charge is 2.04. The Labute approximate surface area is 341 Å². The van der Waals surface area contributed by atoms with Gasteiger partial charge in [-0.2, -0.15) is 0 Å². The van der Waals surface area contributed by atoms with Crippen molar-refractivity contribution >= 4 is 65.4 Å². The Hall–Kier alpha value is -7.86. The average Bonchev–Trinajstić information content (AvgIpc) is 3.31. The van der Waals surface area contributed by atoms with Crippen LogP contribution in [-0.4, -0.2) is 27.4 Å². The van der Waals surface area contributed by atoms with E-state index in [4.69, 9.17) is 0 Å². The van der Waals surface area contributed by atoms with Crippen LogP contribution in [0.3, 0.4) is 0 Å². The van der Waals surface area contributed by atoms with E-state index in [1.807, 2.05) is 0 Å². The zero-order valence-corrected chi connectivity index (χ0v) is 34.0. The van der Waals surface area contributed by atoms with Crippen LogP contribution in [0.15, 0.2) is 174 Å². The van der Waals surface area contributed by atoms with Gasteiger partial charge in [-0.15, -0.1) is 0 Å². The van der Waals surface area contributed by atoms with Gasteiger partial charge >= 0.3 is 0 Å². The van der Waals surface area contributed by atoms with Crippen molar-refractivity contribution in [2.45, 2.75) is 0 Å². The lowest BCUT2D eigenvalue weighted by atomic mass is 10.2. The third kappa shape index (κ3) is 7.86. The molecule has 0 fully saturated rings. The first kappa shape index (κ1) is 40.3. The van der Waals surface area contributed by atoms with Gasteiger partial charge in [-0.25, -0.2) is 0 Å². The van der Waals surface area contributed by atoms with Crippen molar-refractivity contribution < 1.29 is 0 Å². The van der Waals surface area contributed by atoms with Crippen molar-refractivity contribution in [2.75, 3.05) is 0 Å². The minimum absolute atomic E-state index is 0.274. The van der Waals surface area contributed by atoms with Crippen LogP contribution in [0.1, 0.15) is 0 Å². The van der Waals surface area contributed by atoms with E-state index in [9.17, 15) is 28.8 Å². The van der Waals surface area contributed by atoms with Crippen LogP contribution < -0.4 is 33.4 Å². The summed E-state index contributed by atoms with van der Waals surface area (Å²) < 4.78 is 8.65. The van der Waals surface area contributed by atoms with Gasteiger partial charge in [-0.1, -0.05) is 36.4 Å². The second-order valence-corrected chi connectivity index (χ2v) is 14.5. The molecule has 0 spiro atoms. The number of hydrogen-bond donors (Lipinski definition) is 0. The third-order valence-electron chi connectivity index (χ3n) is 10.7. The molecule has 12 heteroatoms. The Morgan fingerprint density at radius 1 is 0.233 bits per heavy atom. The molecule has 1 heterocycles. The lowest BCUT2D eigenvalue weighted by Crippen LogP contribution is -2.18. The van der Waals surface area contributed by atoms with E-state index in [2.05, 4.69) is 0 Å². The van der Waals surface area contributed by atoms with Crippen molar-refractivity contribution in [3.05, 3.63) is 208 Å². The van der Waals surface area contributed by atoms with Gasteiger partial charge in [0, 0.05) is 108 Å². The SMILES string of the molecule is Cn1c(=O)c2cccc(c2)c(=O)n(C)c2cccc(c2)n(C)c(=O)c2cccc(c2)c(=O)n(C)c2cccc(c2)n(C)c(=O)c2cccc(c2)c(=O)n(C)c2cccc1c2. The van der Waals surface area contributed by atoms with Crippen LogP contribution in [0.5, 0.6) is 0 Å². The molecule has 0 N–H and O–H groups in total. The molecule has 7 rings (SSSR count). The van der Waals surface area contributed by atoms with Crippen LogP contribution in [-0.2, 0) is 42.3 Å². The summed E-state index contributed by atoms with van der Waals surface area (Å²) in [6, 6.07) is 40.1. The molecule has 0 radical (unpaired) electrons. The highest BCUT2D eigenvalue weighted by molar-refractivity contribution is 5.71. The summed E-state index contributed by atoms with van der Waals surface area (Å²) in [6.45, 7) is 0. The molecule has 0 aliphatic carbocycles. The quantitative estimate of drug-likeness (QED) is 0.189. The van der Waals surface area contributed by atoms with Gasteiger partial charge in [-0.05, 0) is 109 Å². The van der Waals surface area contributed by atoms with E-state index < -0.39 is 0 Å². The van der Waals surface area contributed by atoms with Crippen molar-refractivity contribution in [2.24, 2.45) is 42.3 Å². The molecule has 12 bridgehead atoms. The molecule has 1 aromatic heterocycles. The Balaban J connectivity index is 1.63. The molecule has 0 saturated heterocycles. The highest BCUT2D eigenvalue weighted by Crippen LogP contribution is 2.10. The summed E-state index contributed by atoms with van der Waals surface area (Å²) in [5.74, 6) is 0. The smallest absolute Gasteiger partial charge is 0.258 e. The summed E-state index contributed by atoms with van der Waals surface area (Å²) in [4.78, 5) is 83.2. The second-order valence-electron chi connectivity index (χ2n) is 14.5. The van der Waals surface area contributed by atoms with Crippen LogP contribution in [0, 0.1) is 0 Å². The lowest BCUT2D eigenvalue weighted by molar-refractivity contribution is 0.900. The molecule has 6 aromatic carbocycles. The van der Waals surface area contributed by atoms with E-state index in [1.165, 1.54) is 45.6 Å². The predicted octanol–water partition coefficient (Wildman–Crippen LogP) is 5.86. The molecule has 0 aliphatic rings. The van der Waals surface area contributed by atoms with E-state index >= 15 is 0 Å². The van der Waals surface area contributed by atoms with E-state index in [-0.39, 0.29) is 65.7 Å². The minimum atomic E-state index is -0.376. The molecular weight excluding hydrogens is 757 g/mol. The van der Waals surface area contributed by atoms with E-state index in [1.54, 1.807) is 170 Å². The van der Waals surface area contributed by atoms with Crippen LogP contribution in [0.2, 0.25) is 0 Å². The maximum atomic E-state index is 13.9. The van der Waals surface area contributed by atoms with E-state index in [0.717, 1.165) is 0 Å². The Kier molecular flexibility index (Phi) is 11.1. The first-order chi connectivity index (χ1) is 28.7. The fourth-order valence-electron chi connectivity index (χ4n) is 6.95. The normalized spacial score (nSPS) is 10.9. The number of nitrogens with zero attached hydrogens (tertiary/aromatic N) is 6. The number of hydrogen-bond acceptors (Lipinski definition) is 6. The Bertz CT molecular complexity index is 3070. The summed E-state index contributed by atoms with van der Waals surface area (Å²) in [6.07, 6.45) is 0. The first-order valence-electron chi connectivity index (χ1n) is 19.0. The molecule has 0 amide bonds. The van der Waals surface area contributed by atoms with Gasteiger partial charge in [0.05, 0.1) is 0 Å². The fourth-order valence-corrected chi connectivity index (χ4v) is 6.95. The topological polar surface area (TPSA) is 132 Å². The van der Waals surface area contributed by atoms with Crippen molar-refractivity contribution in [1.29, 1.82) is 0 Å². The molecular formula is C48H42N6O6. The van der Waals surface area contributed by atoms with Gasteiger partial charge in [0.1, 0.15) is 0 Å². The Morgan fingerprint density at radius 2 is 0.383 bits per heavy atom. The second kappa shape index (κ2) is 16.5. The minimum Gasteiger partial charge on any atom is -0.311 e. The molecule has 60 heavy (non-hydrogen) atoms. The molecule has 12 nitrogen and oxygen atoms in total. The lowest BCUT2D eigenvalue weighted by Gasteiger charge is -2.04. The van der Waals surface area contributed by atoms with Crippen molar-refractivity contribution in [3.63, 3.8) is 0 Å². The summed E-state index contributed by atoms with van der Waals surface area (Å²) in [5, 5.41) is 1.64. The van der Waals surface area contributed by atoms with Gasteiger partial charge in [-0.3, -0.25) is 28.8 Å². The number of benzene rings is 6. The van der Waals surface area contributed by atoms with Gasteiger partial charge in [0.25, 0.3) is 33.4 Å². The third-order valence-corrected chi connectivity index (χ3v) is 10.7. The summed E-state index contributed by atoms with van der Waals surface area (Å²) >= 11 is 0. The van der Waals surface area contributed by atoms with Gasteiger partial charge in [0.15, 0.2) is 0 Å². The molecule has 300 valence electrons. The standard InChI is InChI=1S/C48H42N6O6/c1-49-37-19-10-20-38(28-37)50(2)45(57)33-15-8-16-34(26-33)46(58)53(5)41-23-12-24-42(30-41)54(6)48(60)36-18-9-17-35(27-36)47(59)52(4)40-22-11-21-39(29-40)51(3)44(56)32-14-7-13-31(25-32)43(49)55/h7-30H,1-6H3. The summed E-state index contributed by atoms with van der Waals surface area (Å²) in [7, 11) is 9.69. The van der Waals surface area contributed by atoms with Crippen molar-refractivity contribution in [1.82, 2.24) is 27.4 Å². The number of aryl methyl sites for hydroxylation is 6. The highest BCUT2D eigenvalue weighted by atomic mass is 16.1. The number of fused-ring (bicyclic) bond motifs is 12. The van der Waals surface area contributed by atoms with E-state index in [0.29, 0.717) is 33.1 Å². The van der Waals surface area contributed by atoms with Crippen LogP contribution in [0.4, 0.5) is 0 Å². The molecule has 0 unspecified atom stereocenters. The first-order valence-corrected chi connectivity index (χ1v) is 19.0. The number of rotatable bonds is 0.